The molecule has 3 aromatic heterocycles. The number of hydrogen-bond donors (Lipinski definition) is 0. The Morgan fingerprint density at radius 2 is 2.17 bits per heavy atom. The van der Waals surface area contributed by atoms with Crippen LogP contribution >= 0.6 is 0 Å². The van der Waals surface area contributed by atoms with Crippen LogP contribution in [-0.2, 0) is 6.42 Å². The minimum Gasteiger partial charge on any atom is -0.456 e. The first-order valence-corrected chi connectivity index (χ1v) is 5.56. The van der Waals surface area contributed by atoms with Gasteiger partial charge in [-0.15, -0.1) is 0 Å². The number of nitrogens with zero attached hydrogens (tertiary/aromatic N) is 4. The normalized spacial score (nSPS) is 10.7. The zero-order valence-corrected chi connectivity index (χ0v) is 9.70. The van der Waals surface area contributed by atoms with Crippen LogP contribution in [0.4, 0.5) is 0 Å². The van der Waals surface area contributed by atoms with Gasteiger partial charge in [-0.1, -0.05) is 12.1 Å². The van der Waals surface area contributed by atoms with E-state index in [0.29, 0.717) is 23.2 Å². The second kappa shape index (κ2) is 4.40. The molecule has 6 nitrogen and oxygen atoms in total. The van der Waals surface area contributed by atoms with Crippen molar-refractivity contribution in [3.05, 3.63) is 36.5 Å². The minimum atomic E-state index is 0.343. The third-order valence-electron chi connectivity index (χ3n) is 2.44. The molecule has 0 saturated carbocycles. The van der Waals surface area contributed by atoms with Gasteiger partial charge < -0.3 is 8.94 Å². The second-order valence-corrected chi connectivity index (χ2v) is 3.63. The second-order valence-electron chi connectivity index (χ2n) is 3.63. The van der Waals surface area contributed by atoms with E-state index in [2.05, 4.69) is 20.1 Å². The summed E-state index contributed by atoms with van der Waals surface area (Å²) >= 11 is 0. The Bertz CT molecular complexity index is 645. The van der Waals surface area contributed by atoms with Crippen LogP contribution in [0, 0.1) is 0 Å². The summed E-state index contributed by atoms with van der Waals surface area (Å²) in [6.07, 6.45) is 5.57. The summed E-state index contributed by atoms with van der Waals surface area (Å²) in [5, 5.41) is 3.85. The third-order valence-corrected chi connectivity index (χ3v) is 2.44. The summed E-state index contributed by atoms with van der Waals surface area (Å²) in [6.45, 7) is 2.02. The van der Waals surface area contributed by atoms with Crippen molar-refractivity contribution in [3.63, 3.8) is 0 Å². The molecule has 0 bridgehead atoms. The summed E-state index contributed by atoms with van der Waals surface area (Å²) in [4.78, 5) is 12.3. The monoisotopic (exact) mass is 242 g/mol. The average molecular weight is 242 g/mol. The van der Waals surface area contributed by atoms with E-state index in [-0.39, 0.29) is 0 Å². The molecular weight excluding hydrogens is 232 g/mol. The number of aromatic nitrogens is 4. The van der Waals surface area contributed by atoms with Crippen molar-refractivity contribution in [2.75, 3.05) is 0 Å². The predicted octanol–water partition coefficient (Wildman–Crippen LogP) is 2.35. The van der Waals surface area contributed by atoms with Crippen LogP contribution in [0.3, 0.4) is 0 Å². The predicted molar refractivity (Wildman–Crippen MR) is 62.4 cm³/mol. The quantitative estimate of drug-likeness (QED) is 0.701. The van der Waals surface area contributed by atoms with Gasteiger partial charge in [0.2, 0.25) is 5.82 Å². The summed E-state index contributed by atoms with van der Waals surface area (Å²) in [5.74, 6) is 2.18. The molecule has 3 rings (SSSR count). The van der Waals surface area contributed by atoms with Crippen molar-refractivity contribution in [1.29, 1.82) is 0 Å². The van der Waals surface area contributed by atoms with Crippen molar-refractivity contribution in [2.24, 2.45) is 0 Å². The Kier molecular flexibility index (Phi) is 2.60. The van der Waals surface area contributed by atoms with Crippen molar-refractivity contribution in [1.82, 2.24) is 20.1 Å². The third kappa shape index (κ3) is 1.88. The van der Waals surface area contributed by atoms with Crippen LogP contribution in [-0.4, -0.2) is 20.1 Å². The molecule has 0 radical (unpaired) electrons. The van der Waals surface area contributed by atoms with Gasteiger partial charge in [0.1, 0.15) is 11.5 Å². The van der Waals surface area contributed by atoms with Gasteiger partial charge in [-0.05, 0) is 12.1 Å². The van der Waals surface area contributed by atoms with E-state index < -0.39 is 0 Å². The van der Waals surface area contributed by atoms with Gasteiger partial charge in [-0.2, -0.15) is 4.98 Å². The van der Waals surface area contributed by atoms with Gasteiger partial charge in [0, 0.05) is 18.8 Å². The van der Waals surface area contributed by atoms with Crippen LogP contribution in [0.25, 0.3) is 23.2 Å². The van der Waals surface area contributed by atoms with Crippen molar-refractivity contribution in [3.8, 4) is 23.2 Å². The Morgan fingerprint density at radius 1 is 1.22 bits per heavy atom. The lowest BCUT2D eigenvalue weighted by molar-refractivity contribution is 0.412. The molecule has 0 spiro atoms. The number of aryl methyl sites for hydroxylation is 1. The first-order chi connectivity index (χ1) is 8.86. The van der Waals surface area contributed by atoms with Gasteiger partial charge in [-0.25, -0.2) is 4.98 Å². The van der Waals surface area contributed by atoms with Crippen LogP contribution in [0.15, 0.2) is 39.7 Å². The molecule has 6 heteroatoms. The molecule has 0 unspecified atom stereocenters. The van der Waals surface area contributed by atoms with E-state index >= 15 is 0 Å². The maximum atomic E-state index is 5.54. The lowest BCUT2D eigenvalue weighted by Crippen LogP contribution is -1.85. The van der Waals surface area contributed by atoms with Crippen LogP contribution < -0.4 is 0 Å². The van der Waals surface area contributed by atoms with Gasteiger partial charge in [-0.3, -0.25) is 4.98 Å². The van der Waals surface area contributed by atoms with E-state index in [0.717, 1.165) is 12.2 Å². The molecule has 3 heterocycles. The molecule has 0 aliphatic heterocycles. The van der Waals surface area contributed by atoms with E-state index in [4.69, 9.17) is 8.94 Å². The van der Waals surface area contributed by atoms with Crippen molar-refractivity contribution >= 4 is 0 Å². The zero-order chi connectivity index (χ0) is 12.4. The van der Waals surface area contributed by atoms with E-state index in [1.165, 1.54) is 0 Å². The fourth-order valence-electron chi connectivity index (χ4n) is 1.53. The zero-order valence-electron chi connectivity index (χ0n) is 9.70. The SMILES string of the molecule is CCc1ccc(-c2nc(-c3cnccn3)no2)o1. The molecule has 3 aromatic rings. The highest BCUT2D eigenvalue weighted by atomic mass is 16.5. The van der Waals surface area contributed by atoms with Gasteiger partial charge in [0.05, 0.1) is 6.20 Å². The summed E-state index contributed by atoms with van der Waals surface area (Å²) < 4.78 is 10.7. The standard InChI is InChI=1S/C12H10N4O2/c1-2-8-3-4-10(17-8)12-15-11(16-18-12)9-7-13-5-6-14-9/h3-7H,2H2,1H3. The van der Waals surface area contributed by atoms with E-state index in [1.54, 1.807) is 18.6 Å². The van der Waals surface area contributed by atoms with Gasteiger partial charge >= 0.3 is 0 Å². The first-order valence-electron chi connectivity index (χ1n) is 5.56. The van der Waals surface area contributed by atoms with Crippen molar-refractivity contribution in [2.45, 2.75) is 13.3 Å². The minimum absolute atomic E-state index is 0.343. The van der Waals surface area contributed by atoms with Crippen LogP contribution in [0.1, 0.15) is 12.7 Å². The number of hydrogen-bond acceptors (Lipinski definition) is 6. The topological polar surface area (TPSA) is 77.8 Å². The lowest BCUT2D eigenvalue weighted by atomic mass is 10.3. The molecule has 0 fully saturated rings. The number of furan rings is 1. The molecule has 0 atom stereocenters. The van der Waals surface area contributed by atoms with Gasteiger partial charge in [0.15, 0.2) is 5.76 Å². The van der Waals surface area contributed by atoms with Crippen LogP contribution in [0.5, 0.6) is 0 Å². The molecule has 0 aliphatic rings. The Labute approximate surface area is 103 Å². The number of rotatable bonds is 3. The largest absolute Gasteiger partial charge is 0.456 e. The first kappa shape index (κ1) is 10.6. The summed E-state index contributed by atoms with van der Waals surface area (Å²) in [5.41, 5.74) is 0.565. The maximum Gasteiger partial charge on any atom is 0.293 e. The molecule has 0 N–H and O–H groups in total. The Hall–Kier alpha value is -2.50. The molecule has 18 heavy (non-hydrogen) atoms. The molecule has 0 amide bonds. The molecule has 0 aromatic carbocycles. The Morgan fingerprint density at radius 3 is 2.89 bits per heavy atom. The molecule has 0 saturated heterocycles. The Balaban J connectivity index is 1.94. The highest BCUT2D eigenvalue weighted by Crippen LogP contribution is 2.22. The smallest absolute Gasteiger partial charge is 0.293 e. The van der Waals surface area contributed by atoms with Crippen molar-refractivity contribution < 1.29 is 8.94 Å². The van der Waals surface area contributed by atoms with E-state index in [9.17, 15) is 0 Å². The van der Waals surface area contributed by atoms with Gasteiger partial charge in [0.25, 0.3) is 5.89 Å². The molecule has 0 aliphatic carbocycles. The average Bonchev–Trinajstić information content (AvgIpc) is 3.08. The maximum absolute atomic E-state index is 5.54. The lowest BCUT2D eigenvalue weighted by Gasteiger charge is -1.89. The van der Waals surface area contributed by atoms with Crippen LogP contribution in [0.2, 0.25) is 0 Å². The summed E-state index contributed by atoms with van der Waals surface area (Å²) in [7, 11) is 0. The highest BCUT2D eigenvalue weighted by molar-refractivity contribution is 5.52. The molecule has 90 valence electrons. The highest BCUT2D eigenvalue weighted by Gasteiger charge is 2.14. The molecular formula is C12H10N4O2. The fraction of sp³-hybridized carbons (Fsp3) is 0.167. The van der Waals surface area contributed by atoms with E-state index in [1.807, 2.05) is 19.1 Å². The fourth-order valence-corrected chi connectivity index (χ4v) is 1.53. The summed E-state index contributed by atoms with van der Waals surface area (Å²) in [6, 6.07) is 3.70.